The SMILES string of the molecule is CC(=O)c1c(F)cc2ncccc2c1F. The second kappa shape index (κ2) is 3.38. The first-order valence-corrected chi connectivity index (χ1v) is 4.35. The van der Waals surface area contributed by atoms with E-state index in [-0.39, 0.29) is 10.9 Å². The average Bonchev–Trinajstić information content (AvgIpc) is 2.17. The number of hydrogen-bond donors (Lipinski definition) is 0. The van der Waals surface area contributed by atoms with E-state index in [4.69, 9.17) is 0 Å². The van der Waals surface area contributed by atoms with Crippen LogP contribution in [0.25, 0.3) is 10.9 Å². The van der Waals surface area contributed by atoms with Gasteiger partial charge < -0.3 is 0 Å². The van der Waals surface area contributed by atoms with E-state index in [2.05, 4.69) is 4.98 Å². The van der Waals surface area contributed by atoms with Gasteiger partial charge >= 0.3 is 0 Å². The summed E-state index contributed by atoms with van der Waals surface area (Å²) in [4.78, 5) is 14.8. The lowest BCUT2D eigenvalue weighted by Gasteiger charge is -2.04. The van der Waals surface area contributed by atoms with Crippen LogP contribution in [0.1, 0.15) is 17.3 Å². The van der Waals surface area contributed by atoms with Gasteiger partial charge in [-0.2, -0.15) is 0 Å². The molecule has 1 aromatic carbocycles. The predicted molar refractivity (Wildman–Crippen MR) is 51.7 cm³/mol. The molecule has 0 saturated carbocycles. The van der Waals surface area contributed by atoms with E-state index in [0.717, 1.165) is 13.0 Å². The van der Waals surface area contributed by atoms with Crippen molar-refractivity contribution in [1.29, 1.82) is 0 Å². The highest BCUT2D eigenvalue weighted by Crippen LogP contribution is 2.22. The number of rotatable bonds is 1. The first-order chi connectivity index (χ1) is 7.11. The van der Waals surface area contributed by atoms with E-state index in [1.54, 1.807) is 0 Å². The largest absolute Gasteiger partial charge is 0.294 e. The molecule has 2 nitrogen and oxygen atoms in total. The lowest BCUT2D eigenvalue weighted by atomic mass is 10.1. The van der Waals surface area contributed by atoms with Gasteiger partial charge in [-0.05, 0) is 19.1 Å². The third kappa shape index (κ3) is 1.48. The normalized spacial score (nSPS) is 10.6. The summed E-state index contributed by atoms with van der Waals surface area (Å²) in [6, 6.07) is 4.06. The molecule has 0 aliphatic heterocycles. The molecule has 0 aliphatic carbocycles. The lowest BCUT2D eigenvalue weighted by molar-refractivity contribution is 0.101. The van der Waals surface area contributed by atoms with Crippen LogP contribution in [-0.2, 0) is 0 Å². The third-order valence-corrected chi connectivity index (χ3v) is 2.15. The molecule has 0 aliphatic rings. The van der Waals surface area contributed by atoms with E-state index in [1.165, 1.54) is 18.3 Å². The number of Topliss-reactive ketones (excluding diaryl/α,β-unsaturated/α-hetero) is 1. The summed E-state index contributed by atoms with van der Waals surface area (Å²) in [6.07, 6.45) is 1.44. The fourth-order valence-corrected chi connectivity index (χ4v) is 1.47. The molecular weight excluding hydrogens is 200 g/mol. The van der Waals surface area contributed by atoms with Gasteiger partial charge in [0.2, 0.25) is 0 Å². The van der Waals surface area contributed by atoms with Crippen molar-refractivity contribution in [2.45, 2.75) is 6.92 Å². The average molecular weight is 207 g/mol. The minimum absolute atomic E-state index is 0.157. The zero-order valence-electron chi connectivity index (χ0n) is 7.92. The Labute approximate surface area is 84.6 Å². The van der Waals surface area contributed by atoms with Crippen LogP contribution in [0, 0.1) is 11.6 Å². The van der Waals surface area contributed by atoms with Gasteiger partial charge in [0, 0.05) is 17.6 Å². The molecule has 15 heavy (non-hydrogen) atoms. The van der Waals surface area contributed by atoms with E-state index in [0.29, 0.717) is 0 Å². The number of carbonyl (C=O) groups excluding carboxylic acids is 1. The minimum Gasteiger partial charge on any atom is -0.294 e. The molecule has 2 rings (SSSR count). The second-order valence-corrected chi connectivity index (χ2v) is 3.17. The maximum absolute atomic E-state index is 13.7. The van der Waals surface area contributed by atoms with Crippen molar-refractivity contribution >= 4 is 16.7 Å². The summed E-state index contributed by atoms with van der Waals surface area (Å²) in [5.74, 6) is -2.34. The van der Waals surface area contributed by atoms with Gasteiger partial charge in [0.15, 0.2) is 5.78 Å². The predicted octanol–water partition coefficient (Wildman–Crippen LogP) is 2.72. The van der Waals surface area contributed by atoms with Gasteiger partial charge in [0.25, 0.3) is 0 Å². The molecule has 0 atom stereocenters. The van der Waals surface area contributed by atoms with Crippen molar-refractivity contribution in [2.75, 3.05) is 0 Å². The third-order valence-electron chi connectivity index (χ3n) is 2.15. The van der Waals surface area contributed by atoms with Gasteiger partial charge in [-0.25, -0.2) is 8.78 Å². The molecule has 4 heteroatoms. The van der Waals surface area contributed by atoms with E-state index < -0.39 is 23.0 Å². The highest BCUT2D eigenvalue weighted by atomic mass is 19.1. The Kier molecular flexibility index (Phi) is 2.19. The molecule has 2 aromatic rings. The highest BCUT2D eigenvalue weighted by Gasteiger charge is 2.17. The number of nitrogens with zero attached hydrogens (tertiary/aromatic N) is 1. The van der Waals surface area contributed by atoms with Crippen LogP contribution in [0.2, 0.25) is 0 Å². The molecule has 1 heterocycles. The standard InChI is InChI=1S/C11H7F2NO/c1-6(15)10-8(12)5-9-7(11(10)13)3-2-4-14-9/h2-5H,1H3. The van der Waals surface area contributed by atoms with Crippen LogP contribution in [0.4, 0.5) is 8.78 Å². The molecule has 0 saturated heterocycles. The van der Waals surface area contributed by atoms with Crippen molar-refractivity contribution < 1.29 is 13.6 Å². The van der Waals surface area contributed by atoms with Gasteiger partial charge in [-0.1, -0.05) is 0 Å². The van der Waals surface area contributed by atoms with Crippen LogP contribution in [0.5, 0.6) is 0 Å². The van der Waals surface area contributed by atoms with Crippen LogP contribution in [-0.4, -0.2) is 10.8 Å². The highest BCUT2D eigenvalue weighted by molar-refractivity contribution is 5.98. The van der Waals surface area contributed by atoms with E-state index in [1.807, 2.05) is 0 Å². The number of ketones is 1. The Bertz CT molecular complexity index is 552. The molecule has 0 spiro atoms. The van der Waals surface area contributed by atoms with Crippen LogP contribution in [0.3, 0.4) is 0 Å². The van der Waals surface area contributed by atoms with Crippen molar-refractivity contribution in [1.82, 2.24) is 4.98 Å². The Balaban J connectivity index is 2.90. The molecular formula is C11H7F2NO. The van der Waals surface area contributed by atoms with Gasteiger partial charge in [-0.15, -0.1) is 0 Å². The maximum Gasteiger partial charge on any atom is 0.165 e. The smallest absolute Gasteiger partial charge is 0.165 e. The van der Waals surface area contributed by atoms with Crippen molar-refractivity contribution in [3.05, 3.63) is 41.6 Å². The Morgan fingerprint density at radius 1 is 1.40 bits per heavy atom. The molecule has 0 amide bonds. The van der Waals surface area contributed by atoms with Gasteiger partial charge in [0.1, 0.15) is 11.6 Å². The number of hydrogen-bond acceptors (Lipinski definition) is 2. The van der Waals surface area contributed by atoms with E-state index in [9.17, 15) is 13.6 Å². The number of carbonyl (C=O) groups is 1. The zero-order valence-corrected chi connectivity index (χ0v) is 7.92. The number of benzene rings is 1. The van der Waals surface area contributed by atoms with Crippen molar-refractivity contribution in [3.8, 4) is 0 Å². The minimum atomic E-state index is -0.869. The summed E-state index contributed by atoms with van der Waals surface area (Å²) in [5, 5.41) is 0.157. The molecule has 0 bridgehead atoms. The summed E-state index contributed by atoms with van der Waals surface area (Å²) in [5.41, 5.74) is -0.298. The topological polar surface area (TPSA) is 30.0 Å². The zero-order chi connectivity index (χ0) is 11.0. The summed E-state index contributed by atoms with van der Waals surface area (Å²) >= 11 is 0. The summed E-state index contributed by atoms with van der Waals surface area (Å²) in [7, 11) is 0. The molecule has 0 fully saturated rings. The molecule has 0 radical (unpaired) electrons. The van der Waals surface area contributed by atoms with Crippen molar-refractivity contribution in [3.63, 3.8) is 0 Å². The molecule has 1 aromatic heterocycles. The molecule has 0 N–H and O–H groups in total. The first kappa shape index (κ1) is 9.71. The quantitative estimate of drug-likeness (QED) is 0.673. The van der Waals surface area contributed by atoms with E-state index >= 15 is 0 Å². The Morgan fingerprint density at radius 2 is 2.13 bits per heavy atom. The number of aromatic nitrogens is 1. The molecule has 0 unspecified atom stereocenters. The summed E-state index contributed by atoms with van der Waals surface area (Å²) < 4.78 is 27.0. The number of pyridine rings is 1. The van der Waals surface area contributed by atoms with Crippen LogP contribution < -0.4 is 0 Å². The Morgan fingerprint density at radius 3 is 2.80 bits per heavy atom. The number of fused-ring (bicyclic) bond motifs is 1. The Hall–Kier alpha value is -1.84. The fraction of sp³-hybridized carbons (Fsp3) is 0.0909. The van der Waals surface area contributed by atoms with Gasteiger partial charge in [-0.3, -0.25) is 9.78 Å². The monoisotopic (exact) mass is 207 g/mol. The van der Waals surface area contributed by atoms with Crippen molar-refractivity contribution in [2.24, 2.45) is 0 Å². The lowest BCUT2D eigenvalue weighted by Crippen LogP contribution is -2.02. The van der Waals surface area contributed by atoms with Gasteiger partial charge in [0.05, 0.1) is 11.1 Å². The molecule has 76 valence electrons. The van der Waals surface area contributed by atoms with Crippen LogP contribution >= 0.6 is 0 Å². The number of halogens is 2. The van der Waals surface area contributed by atoms with Crippen LogP contribution in [0.15, 0.2) is 24.4 Å². The fourth-order valence-electron chi connectivity index (χ4n) is 1.47. The first-order valence-electron chi connectivity index (χ1n) is 4.35. The summed E-state index contributed by atoms with van der Waals surface area (Å²) in [6.45, 7) is 1.13. The second-order valence-electron chi connectivity index (χ2n) is 3.17. The maximum atomic E-state index is 13.7.